The van der Waals surface area contributed by atoms with E-state index in [0.29, 0.717) is 32.1 Å². The molecular formula is C28H38F3N5O5. The fraction of sp³-hybridized carbons (Fsp3) is 0.679. The highest BCUT2D eigenvalue weighted by Crippen LogP contribution is 2.38. The van der Waals surface area contributed by atoms with Crippen LogP contribution in [0.1, 0.15) is 68.9 Å². The number of amides is 1. The summed E-state index contributed by atoms with van der Waals surface area (Å²) in [6.07, 6.45) is 3.23. The molecule has 3 aliphatic heterocycles. The minimum absolute atomic E-state index is 0.0325. The number of ether oxygens (including phenoxy) is 3. The molecule has 1 amide bonds. The van der Waals surface area contributed by atoms with E-state index in [1.807, 2.05) is 0 Å². The number of benzene rings is 1. The second kappa shape index (κ2) is 13.4. The maximum absolute atomic E-state index is 14.0. The molecule has 4 aliphatic rings. The Morgan fingerprint density at radius 2 is 2.00 bits per heavy atom. The van der Waals surface area contributed by atoms with Gasteiger partial charge in [-0.1, -0.05) is 32.1 Å². The minimum Gasteiger partial charge on any atom is -0.493 e. The number of guanidine groups is 1. The Morgan fingerprint density at radius 3 is 2.76 bits per heavy atom. The van der Waals surface area contributed by atoms with Crippen molar-refractivity contribution in [2.24, 2.45) is 21.6 Å². The molecule has 3 atom stereocenters. The summed E-state index contributed by atoms with van der Waals surface area (Å²) >= 11 is 0. The fourth-order valence-electron chi connectivity index (χ4n) is 5.86. The number of rotatable bonds is 9. The molecule has 3 heterocycles. The summed E-state index contributed by atoms with van der Waals surface area (Å²) < 4.78 is 58.2. The van der Waals surface area contributed by atoms with Crippen molar-refractivity contribution >= 4 is 17.7 Å². The average Bonchev–Trinajstić information content (AvgIpc) is 3.74. The van der Waals surface area contributed by atoms with Gasteiger partial charge < -0.3 is 24.8 Å². The number of likely N-dealkylation sites (tertiary alicyclic amines) is 1. The zero-order chi connectivity index (χ0) is 28.8. The molecule has 3 unspecified atom stereocenters. The zero-order valence-electron chi connectivity index (χ0n) is 23.0. The van der Waals surface area contributed by atoms with E-state index in [-0.39, 0.29) is 48.5 Å². The third kappa shape index (κ3) is 7.69. The highest BCUT2D eigenvalue weighted by molar-refractivity contribution is 5.99. The Bertz CT molecular complexity index is 1120. The molecule has 41 heavy (non-hydrogen) atoms. The van der Waals surface area contributed by atoms with Crippen LogP contribution in [0.3, 0.4) is 0 Å². The predicted molar refractivity (Wildman–Crippen MR) is 144 cm³/mol. The van der Waals surface area contributed by atoms with Crippen LogP contribution in [0.15, 0.2) is 28.2 Å². The number of nitrogens with two attached hydrogens (primary N) is 1. The Hall–Kier alpha value is -2.90. The molecule has 1 aromatic carbocycles. The maximum Gasteiger partial charge on any atom is 0.419 e. The van der Waals surface area contributed by atoms with Gasteiger partial charge in [-0.15, -0.1) is 0 Å². The SMILES string of the molecule is NC(=NC(=O)COC1CCOC1)N1CCCC1C1N=C(c2ccc(OCCC3CCCCC3)c(C(F)(F)F)c2)NO1. The van der Waals surface area contributed by atoms with Crippen molar-refractivity contribution in [3.05, 3.63) is 29.3 Å². The smallest absolute Gasteiger partial charge is 0.419 e. The number of carbonyl (C=O) groups excluding carboxylic acids is 1. The molecule has 0 aromatic heterocycles. The highest BCUT2D eigenvalue weighted by atomic mass is 19.4. The van der Waals surface area contributed by atoms with Crippen molar-refractivity contribution in [1.29, 1.82) is 0 Å². The normalized spacial score (nSPS) is 25.8. The quantitative estimate of drug-likeness (QED) is 0.334. The lowest BCUT2D eigenvalue weighted by atomic mass is 9.87. The molecule has 5 rings (SSSR count). The lowest BCUT2D eigenvalue weighted by Crippen LogP contribution is -2.46. The lowest BCUT2D eigenvalue weighted by Gasteiger charge is -2.27. The predicted octanol–water partition coefficient (Wildman–Crippen LogP) is 3.77. The third-order valence-corrected chi connectivity index (χ3v) is 8.09. The van der Waals surface area contributed by atoms with Crippen LogP contribution in [0.4, 0.5) is 13.2 Å². The number of nitrogens with one attached hydrogen (secondary N) is 1. The van der Waals surface area contributed by atoms with Gasteiger partial charge >= 0.3 is 6.18 Å². The first-order valence-corrected chi connectivity index (χ1v) is 14.4. The van der Waals surface area contributed by atoms with Gasteiger partial charge in [0, 0.05) is 18.7 Å². The van der Waals surface area contributed by atoms with E-state index >= 15 is 0 Å². The van der Waals surface area contributed by atoms with Crippen molar-refractivity contribution in [2.75, 3.05) is 33.0 Å². The molecule has 2 saturated heterocycles. The molecule has 226 valence electrons. The molecule has 0 bridgehead atoms. The summed E-state index contributed by atoms with van der Waals surface area (Å²) in [7, 11) is 0. The summed E-state index contributed by atoms with van der Waals surface area (Å²) in [5, 5.41) is 0. The number of carbonyl (C=O) groups is 1. The highest BCUT2D eigenvalue weighted by Gasteiger charge is 2.39. The first-order chi connectivity index (χ1) is 19.8. The molecule has 3 fully saturated rings. The number of hydrogen-bond acceptors (Lipinski definition) is 7. The van der Waals surface area contributed by atoms with Crippen LogP contribution in [0.5, 0.6) is 5.75 Å². The number of amidine groups is 1. The summed E-state index contributed by atoms with van der Waals surface area (Å²) in [4.78, 5) is 28.2. The van der Waals surface area contributed by atoms with Gasteiger partial charge in [0.2, 0.25) is 0 Å². The molecule has 0 radical (unpaired) electrons. The van der Waals surface area contributed by atoms with Gasteiger partial charge in [0.25, 0.3) is 5.91 Å². The number of halogens is 3. The zero-order valence-corrected chi connectivity index (χ0v) is 23.0. The van der Waals surface area contributed by atoms with Gasteiger partial charge in [-0.3, -0.25) is 4.79 Å². The van der Waals surface area contributed by atoms with Crippen LogP contribution in [0, 0.1) is 5.92 Å². The average molecular weight is 582 g/mol. The first-order valence-electron chi connectivity index (χ1n) is 14.4. The van der Waals surface area contributed by atoms with Crippen LogP contribution < -0.4 is 16.0 Å². The van der Waals surface area contributed by atoms with Gasteiger partial charge in [0.15, 0.2) is 18.0 Å². The topological polar surface area (TPSA) is 120 Å². The van der Waals surface area contributed by atoms with Gasteiger partial charge in [0.05, 0.1) is 30.9 Å². The lowest BCUT2D eigenvalue weighted by molar-refractivity contribution is -0.139. The Balaban J connectivity index is 1.22. The Kier molecular flexibility index (Phi) is 9.66. The van der Waals surface area contributed by atoms with Gasteiger partial charge in [-0.25, -0.2) is 15.3 Å². The third-order valence-electron chi connectivity index (χ3n) is 8.09. The Morgan fingerprint density at radius 1 is 1.17 bits per heavy atom. The minimum atomic E-state index is -4.59. The van der Waals surface area contributed by atoms with E-state index in [2.05, 4.69) is 15.5 Å². The second-order valence-corrected chi connectivity index (χ2v) is 11.0. The Labute approximate surface area is 237 Å². The van der Waals surface area contributed by atoms with Crippen molar-refractivity contribution < 1.29 is 37.0 Å². The molecule has 1 saturated carbocycles. The van der Waals surface area contributed by atoms with E-state index < -0.39 is 23.9 Å². The van der Waals surface area contributed by atoms with Gasteiger partial charge in [0.1, 0.15) is 12.4 Å². The summed E-state index contributed by atoms with van der Waals surface area (Å²) in [6, 6.07) is 3.57. The molecule has 1 aliphatic carbocycles. The van der Waals surface area contributed by atoms with Crippen LogP contribution in [0.25, 0.3) is 0 Å². The first kappa shape index (κ1) is 29.6. The van der Waals surface area contributed by atoms with Crippen LogP contribution in [-0.4, -0.2) is 73.9 Å². The summed E-state index contributed by atoms with van der Waals surface area (Å²) in [5.41, 5.74) is 8.20. The molecule has 0 spiro atoms. The monoisotopic (exact) mass is 581 g/mol. The number of hydroxylamine groups is 1. The number of aliphatic imine (C=N–C) groups is 2. The van der Waals surface area contributed by atoms with E-state index in [1.165, 1.54) is 25.3 Å². The standard InChI is InChI=1S/C28H38F3N5O5/c29-28(30,31)21-15-19(8-9-23(21)39-14-10-18-5-2-1-3-6-18)25-34-26(41-35-25)22-7-4-12-36(22)27(32)33-24(37)17-40-20-11-13-38-16-20/h8-9,15,18,20,22,26H,1-7,10-14,16-17H2,(H,34,35)(H2,32,33,37). The van der Waals surface area contributed by atoms with E-state index in [1.54, 1.807) is 11.0 Å². The summed E-state index contributed by atoms with van der Waals surface area (Å²) in [6.45, 7) is 1.65. The van der Waals surface area contributed by atoms with Crippen LogP contribution in [0.2, 0.25) is 0 Å². The number of alkyl halides is 3. The van der Waals surface area contributed by atoms with Gasteiger partial charge in [-0.05, 0) is 49.8 Å². The molecule has 13 heteroatoms. The maximum atomic E-state index is 14.0. The number of nitrogens with zero attached hydrogens (tertiary/aromatic N) is 3. The van der Waals surface area contributed by atoms with Crippen molar-refractivity contribution in [1.82, 2.24) is 10.4 Å². The molecule has 1 aromatic rings. The van der Waals surface area contributed by atoms with Crippen LogP contribution >= 0.6 is 0 Å². The van der Waals surface area contributed by atoms with Crippen LogP contribution in [-0.2, 0) is 25.3 Å². The van der Waals surface area contributed by atoms with Crippen molar-refractivity contribution in [2.45, 2.75) is 82.3 Å². The van der Waals surface area contributed by atoms with Crippen molar-refractivity contribution in [3.63, 3.8) is 0 Å². The largest absolute Gasteiger partial charge is 0.493 e. The molecule has 10 nitrogen and oxygen atoms in total. The van der Waals surface area contributed by atoms with E-state index in [9.17, 15) is 18.0 Å². The molecule has 3 N–H and O–H groups in total. The second-order valence-electron chi connectivity index (χ2n) is 11.0. The molecular weight excluding hydrogens is 543 g/mol. The summed E-state index contributed by atoms with van der Waals surface area (Å²) in [5.74, 6) is 0.0322. The van der Waals surface area contributed by atoms with E-state index in [0.717, 1.165) is 38.2 Å². The van der Waals surface area contributed by atoms with E-state index in [4.69, 9.17) is 24.8 Å². The van der Waals surface area contributed by atoms with Gasteiger partial charge in [-0.2, -0.15) is 18.2 Å². The fourth-order valence-corrected chi connectivity index (χ4v) is 5.86. The van der Waals surface area contributed by atoms with Crippen molar-refractivity contribution in [3.8, 4) is 5.75 Å². The number of hydrogen-bond donors (Lipinski definition) is 2.